The maximum atomic E-state index is 12.4. The molecule has 2 aromatic carbocycles. The number of ether oxygens (including phenoxy) is 1. The molecule has 2 amide bonds. The summed E-state index contributed by atoms with van der Waals surface area (Å²) < 4.78 is 6.19. The van der Waals surface area contributed by atoms with Gasteiger partial charge < -0.3 is 20.3 Å². The van der Waals surface area contributed by atoms with Crippen LogP contribution in [0.4, 0.5) is 17.1 Å². The van der Waals surface area contributed by atoms with E-state index in [1.54, 1.807) is 12.1 Å². The molecule has 1 aliphatic rings. The zero-order valence-corrected chi connectivity index (χ0v) is 19.6. The fourth-order valence-electron chi connectivity index (χ4n) is 3.15. The second-order valence-corrected chi connectivity index (χ2v) is 8.61. The molecule has 172 valence electrons. The third kappa shape index (κ3) is 6.30. The van der Waals surface area contributed by atoms with Crippen molar-refractivity contribution in [3.8, 4) is 5.75 Å². The topological polar surface area (TPSA) is 114 Å². The minimum atomic E-state index is -0.534. The van der Waals surface area contributed by atoms with Gasteiger partial charge in [0.15, 0.2) is 6.61 Å². The summed E-state index contributed by atoms with van der Waals surface area (Å²) in [5, 5.41) is 16.1. The van der Waals surface area contributed by atoms with Crippen molar-refractivity contribution in [3.05, 3.63) is 63.0 Å². The normalized spacial score (nSPS) is 14.2. The van der Waals surface area contributed by atoms with Gasteiger partial charge in [0.2, 0.25) is 0 Å². The first-order valence-electron chi connectivity index (χ1n) is 10.1. The number of hydrogen-bond acceptors (Lipinski definition) is 8. The molecule has 0 saturated carbocycles. The highest BCUT2D eigenvalue weighted by molar-refractivity contribution is 8.26. The van der Waals surface area contributed by atoms with Gasteiger partial charge in [0.1, 0.15) is 10.1 Å². The van der Waals surface area contributed by atoms with Crippen LogP contribution in [-0.4, -0.2) is 40.8 Å². The van der Waals surface area contributed by atoms with E-state index < -0.39 is 10.8 Å². The molecule has 0 bridgehead atoms. The third-order valence-corrected chi connectivity index (χ3v) is 5.92. The van der Waals surface area contributed by atoms with Gasteiger partial charge in [0.25, 0.3) is 17.5 Å². The van der Waals surface area contributed by atoms with E-state index in [1.807, 2.05) is 32.0 Å². The van der Waals surface area contributed by atoms with E-state index in [9.17, 15) is 19.7 Å². The Kier molecular flexibility index (Phi) is 8.01. The number of hydrogen-bond donors (Lipinski definition) is 2. The van der Waals surface area contributed by atoms with Crippen LogP contribution in [0.15, 0.2) is 47.4 Å². The molecular formula is C22H22N4O5S2. The van der Waals surface area contributed by atoms with Crippen molar-refractivity contribution in [2.75, 3.05) is 29.9 Å². The van der Waals surface area contributed by atoms with Crippen molar-refractivity contribution < 1.29 is 19.2 Å². The van der Waals surface area contributed by atoms with Crippen LogP contribution in [-0.2, 0) is 9.59 Å². The zero-order valence-electron chi connectivity index (χ0n) is 18.0. The maximum Gasteiger partial charge on any atom is 0.271 e. The number of rotatable bonds is 9. The summed E-state index contributed by atoms with van der Waals surface area (Å²) in [5.41, 5.74) is 1.70. The lowest BCUT2D eigenvalue weighted by Gasteiger charge is -2.22. The first kappa shape index (κ1) is 24.2. The number of non-ortho nitro benzene ring substituents is 1. The predicted octanol–water partition coefficient (Wildman–Crippen LogP) is 3.95. The smallest absolute Gasteiger partial charge is 0.271 e. The number of carbonyl (C=O) groups excluding carboxylic acids is 2. The van der Waals surface area contributed by atoms with Crippen molar-refractivity contribution in [2.45, 2.75) is 13.8 Å². The first-order valence-corrected chi connectivity index (χ1v) is 11.3. The molecule has 1 aliphatic heterocycles. The van der Waals surface area contributed by atoms with Crippen LogP contribution < -0.4 is 20.3 Å². The van der Waals surface area contributed by atoms with Crippen molar-refractivity contribution in [1.29, 1.82) is 0 Å². The molecule has 0 atom stereocenters. The van der Waals surface area contributed by atoms with E-state index in [-0.39, 0.29) is 18.2 Å². The summed E-state index contributed by atoms with van der Waals surface area (Å²) in [4.78, 5) is 37.4. The summed E-state index contributed by atoms with van der Waals surface area (Å²) in [5.74, 6) is -0.337. The maximum absolute atomic E-state index is 12.4. The zero-order chi connectivity index (χ0) is 24.0. The van der Waals surface area contributed by atoms with Crippen LogP contribution in [0, 0.1) is 10.1 Å². The van der Waals surface area contributed by atoms with Crippen LogP contribution in [0.1, 0.15) is 19.4 Å². The number of nitrogens with zero attached hydrogens (tertiary/aromatic N) is 2. The number of nitro benzene ring substituents is 1. The lowest BCUT2D eigenvalue weighted by Crippen LogP contribution is -2.22. The molecule has 3 rings (SSSR count). The molecule has 11 heteroatoms. The largest absolute Gasteiger partial charge is 0.483 e. The van der Waals surface area contributed by atoms with Crippen molar-refractivity contribution >= 4 is 63.3 Å². The van der Waals surface area contributed by atoms with E-state index >= 15 is 0 Å². The molecule has 2 N–H and O–H groups in total. The lowest BCUT2D eigenvalue weighted by atomic mass is 10.1. The average Bonchev–Trinajstić information content (AvgIpc) is 3.11. The molecule has 0 radical (unpaired) electrons. The van der Waals surface area contributed by atoms with Crippen LogP contribution in [0.5, 0.6) is 5.75 Å². The minimum Gasteiger partial charge on any atom is -0.483 e. The van der Waals surface area contributed by atoms with E-state index in [0.717, 1.165) is 30.5 Å². The van der Waals surface area contributed by atoms with Crippen LogP contribution in [0.2, 0.25) is 0 Å². The summed E-state index contributed by atoms with van der Waals surface area (Å²) in [6.07, 6.45) is 1.67. The highest BCUT2D eigenvalue weighted by Gasteiger charge is 2.23. The quantitative estimate of drug-likeness (QED) is 0.237. The van der Waals surface area contributed by atoms with E-state index in [4.69, 9.17) is 17.0 Å². The Morgan fingerprint density at radius 1 is 1.27 bits per heavy atom. The van der Waals surface area contributed by atoms with Crippen molar-refractivity contribution in [1.82, 2.24) is 5.32 Å². The molecule has 0 aliphatic carbocycles. The molecular weight excluding hydrogens is 464 g/mol. The molecule has 0 unspecified atom stereocenters. The Balaban J connectivity index is 1.81. The van der Waals surface area contributed by atoms with Gasteiger partial charge in [-0.25, -0.2) is 0 Å². The molecule has 0 aromatic heterocycles. The Morgan fingerprint density at radius 3 is 2.67 bits per heavy atom. The van der Waals surface area contributed by atoms with Gasteiger partial charge in [-0.1, -0.05) is 30.0 Å². The van der Waals surface area contributed by atoms with Gasteiger partial charge in [-0.15, -0.1) is 0 Å². The monoisotopic (exact) mass is 486 g/mol. The fraction of sp³-hybridized carbons (Fsp3) is 0.227. The summed E-state index contributed by atoms with van der Waals surface area (Å²) >= 11 is 6.20. The van der Waals surface area contributed by atoms with Gasteiger partial charge in [-0.2, -0.15) is 0 Å². The Hall–Kier alpha value is -3.44. The number of nitrogens with one attached hydrogen (secondary N) is 2. The lowest BCUT2D eigenvalue weighted by molar-refractivity contribution is -0.384. The molecule has 2 aromatic rings. The molecule has 1 heterocycles. The van der Waals surface area contributed by atoms with E-state index in [2.05, 4.69) is 15.5 Å². The van der Waals surface area contributed by atoms with Gasteiger partial charge in [-0.3, -0.25) is 19.7 Å². The number of benzene rings is 2. The summed E-state index contributed by atoms with van der Waals surface area (Å²) in [6.45, 7) is 5.32. The summed E-state index contributed by atoms with van der Waals surface area (Å²) in [7, 11) is 0. The van der Waals surface area contributed by atoms with Crippen LogP contribution in [0.25, 0.3) is 6.08 Å². The number of thiocarbonyl (C=S) groups is 1. The van der Waals surface area contributed by atoms with Crippen molar-refractivity contribution in [3.63, 3.8) is 0 Å². The molecule has 9 nitrogen and oxygen atoms in total. The van der Waals surface area contributed by atoms with E-state index in [0.29, 0.717) is 26.2 Å². The fourth-order valence-corrected chi connectivity index (χ4v) is 4.19. The van der Waals surface area contributed by atoms with Gasteiger partial charge in [-0.05, 0) is 38.1 Å². The Morgan fingerprint density at radius 2 is 2.03 bits per heavy atom. The van der Waals surface area contributed by atoms with Crippen molar-refractivity contribution in [2.24, 2.45) is 0 Å². The van der Waals surface area contributed by atoms with Gasteiger partial charge in [0, 0.05) is 48.2 Å². The molecule has 0 spiro atoms. The van der Waals surface area contributed by atoms with Crippen LogP contribution >= 0.6 is 24.0 Å². The predicted molar refractivity (Wildman–Crippen MR) is 134 cm³/mol. The number of nitro groups is 1. The minimum absolute atomic E-state index is 0.125. The third-order valence-electron chi connectivity index (χ3n) is 4.75. The number of thioether (sulfide) groups is 1. The summed E-state index contributed by atoms with van der Waals surface area (Å²) in [6, 6.07) is 11.2. The first-order chi connectivity index (χ1) is 15.8. The van der Waals surface area contributed by atoms with E-state index in [1.165, 1.54) is 18.2 Å². The highest BCUT2D eigenvalue weighted by Crippen LogP contribution is 2.32. The molecule has 33 heavy (non-hydrogen) atoms. The number of anilines is 2. The molecule has 1 saturated heterocycles. The second kappa shape index (κ2) is 10.9. The SMILES string of the molecule is CCN(CC)c1ccc(/C=C2\SC(=S)NC2=O)c(OCC(=O)Nc2cccc([N+](=O)[O-])c2)c1. The number of carbonyl (C=O) groups is 2. The Bertz CT molecular complexity index is 1130. The van der Waals surface area contributed by atoms with Crippen LogP contribution in [0.3, 0.4) is 0 Å². The standard InChI is InChI=1S/C22H22N4O5S2/c1-3-25(4-2)16-9-8-14(10-19-21(28)24-22(32)33-19)18(12-16)31-13-20(27)23-15-6-5-7-17(11-15)26(29)30/h5-12H,3-4,13H2,1-2H3,(H,23,27)(H,24,28,32)/b19-10-. The average molecular weight is 487 g/mol. The Labute approximate surface area is 200 Å². The van der Waals surface area contributed by atoms with Gasteiger partial charge >= 0.3 is 0 Å². The molecule has 1 fully saturated rings. The van der Waals surface area contributed by atoms with Gasteiger partial charge in [0.05, 0.1) is 9.83 Å². The highest BCUT2D eigenvalue weighted by atomic mass is 32.2. The number of amides is 2. The second-order valence-electron chi connectivity index (χ2n) is 6.89.